The van der Waals surface area contributed by atoms with E-state index in [0.717, 1.165) is 12.1 Å². The minimum Gasteiger partial charge on any atom is -0.384 e. The second-order valence-corrected chi connectivity index (χ2v) is 5.11. The highest BCUT2D eigenvalue weighted by Crippen LogP contribution is 2.30. The molecule has 3 rings (SSSR count). The van der Waals surface area contributed by atoms with Crippen LogP contribution >= 0.6 is 0 Å². The summed E-state index contributed by atoms with van der Waals surface area (Å²) in [6.45, 7) is 0. The molecule has 0 radical (unpaired) electrons. The topological polar surface area (TPSA) is 59.2 Å². The Labute approximate surface area is 137 Å². The van der Waals surface area contributed by atoms with Gasteiger partial charge in [0.1, 0.15) is 17.7 Å². The zero-order valence-corrected chi connectivity index (χ0v) is 12.3. The molecule has 1 aromatic heterocycles. The van der Waals surface area contributed by atoms with Crippen LogP contribution in [0.25, 0.3) is 11.4 Å². The number of aliphatic hydroxyl groups excluding tert-OH is 1. The van der Waals surface area contributed by atoms with Gasteiger partial charge in [0.25, 0.3) is 0 Å². The minimum absolute atomic E-state index is 0.131. The molecule has 1 N–H and O–H groups in total. The van der Waals surface area contributed by atoms with E-state index >= 15 is 0 Å². The molecule has 3 aromatic rings. The van der Waals surface area contributed by atoms with Crippen LogP contribution in [0.1, 0.15) is 23.1 Å². The van der Waals surface area contributed by atoms with E-state index in [1.807, 2.05) is 0 Å². The average molecular weight is 356 g/mol. The molecule has 0 amide bonds. The largest absolute Gasteiger partial charge is 0.471 e. The quantitative estimate of drug-likeness (QED) is 0.718. The van der Waals surface area contributed by atoms with Gasteiger partial charge in [-0.2, -0.15) is 18.2 Å². The fourth-order valence-corrected chi connectivity index (χ4v) is 2.17. The van der Waals surface area contributed by atoms with Gasteiger partial charge in [0.05, 0.1) is 0 Å². The van der Waals surface area contributed by atoms with Crippen molar-refractivity contribution < 1.29 is 31.6 Å². The molecule has 4 nitrogen and oxygen atoms in total. The van der Waals surface area contributed by atoms with Gasteiger partial charge in [-0.05, 0) is 11.6 Å². The van der Waals surface area contributed by atoms with Gasteiger partial charge >= 0.3 is 12.1 Å². The van der Waals surface area contributed by atoms with Gasteiger partial charge in [0, 0.05) is 17.2 Å². The van der Waals surface area contributed by atoms with E-state index in [1.54, 1.807) is 0 Å². The summed E-state index contributed by atoms with van der Waals surface area (Å²) in [7, 11) is 0. The Hall–Kier alpha value is -2.81. The van der Waals surface area contributed by atoms with Crippen molar-refractivity contribution in [3.8, 4) is 11.4 Å². The van der Waals surface area contributed by atoms with Gasteiger partial charge in [-0.15, -0.1) is 0 Å². The predicted molar refractivity (Wildman–Crippen MR) is 75.2 cm³/mol. The van der Waals surface area contributed by atoms with E-state index < -0.39 is 29.8 Å². The fourth-order valence-electron chi connectivity index (χ4n) is 2.17. The number of nitrogens with zero attached hydrogens (tertiary/aromatic N) is 2. The lowest BCUT2D eigenvalue weighted by atomic mass is 10.00. The molecule has 130 valence electrons. The molecule has 0 fully saturated rings. The number of halogens is 5. The first-order valence-corrected chi connectivity index (χ1v) is 6.90. The Balaban J connectivity index is 1.86. The van der Waals surface area contributed by atoms with Gasteiger partial charge in [0.15, 0.2) is 0 Å². The number of alkyl halides is 3. The first-order chi connectivity index (χ1) is 11.8. The molecule has 0 aliphatic rings. The average Bonchev–Trinajstić information content (AvgIpc) is 3.05. The smallest absolute Gasteiger partial charge is 0.384 e. The third kappa shape index (κ3) is 3.50. The van der Waals surface area contributed by atoms with Gasteiger partial charge in [-0.3, -0.25) is 0 Å². The van der Waals surface area contributed by atoms with E-state index in [0.29, 0.717) is 6.07 Å². The molecule has 0 aliphatic carbocycles. The van der Waals surface area contributed by atoms with Crippen LogP contribution in [0, 0.1) is 11.6 Å². The standard InChI is InChI=1S/C16H9F5N2O2/c17-10-5-6-11(12(18)7-10)13(24)8-1-3-9(4-2-8)14-22-15(25-23-14)16(19,20)21/h1-7,13,24H. The highest BCUT2D eigenvalue weighted by molar-refractivity contribution is 5.55. The SMILES string of the molecule is OC(c1ccc(-c2noc(C(F)(F)F)n2)cc1)c1ccc(F)cc1F. The Kier molecular flexibility index (Phi) is 4.25. The Morgan fingerprint density at radius 3 is 2.24 bits per heavy atom. The Morgan fingerprint density at radius 2 is 1.68 bits per heavy atom. The lowest BCUT2D eigenvalue weighted by molar-refractivity contribution is -0.159. The summed E-state index contributed by atoms with van der Waals surface area (Å²) in [4.78, 5) is 3.24. The Morgan fingerprint density at radius 1 is 1.00 bits per heavy atom. The van der Waals surface area contributed by atoms with Crippen LogP contribution in [-0.4, -0.2) is 15.2 Å². The number of hydrogen-bond acceptors (Lipinski definition) is 4. The van der Waals surface area contributed by atoms with E-state index in [2.05, 4.69) is 14.7 Å². The molecule has 9 heteroatoms. The molecule has 0 saturated carbocycles. The van der Waals surface area contributed by atoms with Crippen molar-refractivity contribution in [2.45, 2.75) is 12.3 Å². The zero-order chi connectivity index (χ0) is 18.2. The molecule has 2 aromatic carbocycles. The van der Waals surface area contributed by atoms with Crippen molar-refractivity contribution in [3.63, 3.8) is 0 Å². The third-order valence-corrected chi connectivity index (χ3v) is 3.41. The van der Waals surface area contributed by atoms with Gasteiger partial charge in [-0.25, -0.2) is 8.78 Å². The molecule has 0 spiro atoms. The predicted octanol–water partition coefficient (Wildman–Crippen LogP) is 4.12. The van der Waals surface area contributed by atoms with Crippen LogP contribution in [0.2, 0.25) is 0 Å². The van der Waals surface area contributed by atoms with Crippen molar-refractivity contribution in [3.05, 3.63) is 71.1 Å². The van der Waals surface area contributed by atoms with Crippen molar-refractivity contribution in [1.82, 2.24) is 10.1 Å². The van der Waals surface area contributed by atoms with Crippen molar-refractivity contribution >= 4 is 0 Å². The molecule has 25 heavy (non-hydrogen) atoms. The first-order valence-electron chi connectivity index (χ1n) is 6.90. The third-order valence-electron chi connectivity index (χ3n) is 3.41. The first kappa shape index (κ1) is 17.0. The zero-order valence-electron chi connectivity index (χ0n) is 12.3. The molecule has 1 heterocycles. The summed E-state index contributed by atoms with van der Waals surface area (Å²) in [5.74, 6) is -3.44. The Bertz CT molecular complexity index is 890. The molecular formula is C16H9F5N2O2. The maximum atomic E-state index is 13.7. The number of aliphatic hydroxyl groups is 1. The van der Waals surface area contributed by atoms with E-state index in [9.17, 15) is 27.1 Å². The molecule has 1 atom stereocenters. The van der Waals surface area contributed by atoms with Crippen LogP contribution in [0.4, 0.5) is 22.0 Å². The van der Waals surface area contributed by atoms with Crippen molar-refractivity contribution in [2.75, 3.05) is 0 Å². The molecule has 1 unspecified atom stereocenters. The second-order valence-electron chi connectivity index (χ2n) is 5.11. The van der Waals surface area contributed by atoms with Crippen molar-refractivity contribution in [2.24, 2.45) is 0 Å². The van der Waals surface area contributed by atoms with Crippen LogP contribution < -0.4 is 0 Å². The number of aromatic nitrogens is 2. The highest BCUT2D eigenvalue weighted by atomic mass is 19.4. The van der Waals surface area contributed by atoms with Crippen LogP contribution in [0.15, 0.2) is 47.0 Å². The van der Waals surface area contributed by atoms with Crippen LogP contribution in [-0.2, 0) is 6.18 Å². The van der Waals surface area contributed by atoms with E-state index in [1.165, 1.54) is 24.3 Å². The summed E-state index contributed by atoms with van der Waals surface area (Å²) in [6, 6.07) is 8.20. The summed E-state index contributed by atoms with van der Waals surface area (Å²) < 4.78 is 68.1. The number of rotatable bonds is 3. The van der Waals surface area contributed by atoms with Crippen LogP contribution in [0.3, 0.4) is 0 Å². The summed E-state index contributed by atoms with van der Waals surface area (Å²) in [5, 5.41) is 13.4. The van der Waals surface area contributed by atoms with Gasteiger partial charge in [-0.1, -0.05) is 35.5 Å². The second kappa shape index (κ2) is 6.25. The van der Waals surface area contributed by atoms with Crippen LogP contribution in [0.5, 0.6) is 0 Å². The maximum absolute atomic E-state index is 13.7. The van der Waals surface area contributed by atoms with Crippen molar-refractivity contribution in [1.29, 1.82) is 0 Å². The number of hydrogen-bond donors (Lipinski definition) is 1. The lowest BCUT2D eigenvalue weighted by Crippen LogP contribution is -2.05. The molecular weight excluding hydrogens is 347 g/mol. The van der Waals surface area contributed by atoms with Gasteiger partial charge < -0.3 is 9.63 Å². The lowest BCUT2D eigenvalue weighted by Gasteiger charge is -2.12. The normalized spacial score (nSPS) is 13.0. The number of benzene rings is 2. The minimum atomic E-state index is -4.75. The molecule has 0 saturated heterocycles. The monoisotopic (exact) mass is 356 g/mol. The van der Waals surface area contributed by atoms with E-state index in [-0.39, 0.29) is 22.5 Å². The van der Waals surface area contributed by atoms with E-state index in [4.69, 9.17) is 0 Å². The molecule has 0 bridgehead atoms. The highest BCUT2D eigenvalue weighted by Gasteiger charge is 2.38. The summed E-state index contributed by atoms with van der Waals surface area (Å²) in [6.07, 6.45) is -6.12. The summed E-state index contributed by atoms with van der Waals surface area (Å²) >= 11 is 0. The fraction of sp³-hybridized carbons (Fsp3) is 0.125. The summed E-state index contributed by atoms with van der Waals surface area (Å²) in [5.41, 5.74) is 0.344. The molecule has 0 aliphatic heterocycles. The van der Waals surface area contributed by atoms with Gasteiger partial charge in [0.2, 0.25) is 5.82 Å². The maximum Gasteiger partial charge on any atom is 0.471 e.